The van der Waals surface area contributed by atoms with Crippen LogP contribution in [-0.2, 0) is 23.2 Å². The highest BCUT2D eigenvalue weighted by atomic mass is 32.2. The summed E-state index contributed by atoms with van der Waals surface area (Å²) in [6.45, 7) is 3.28. The number of aromatic nitrogens is 2. The van der Waals surface area contributed by atoms with E-state index in [2.05, 4.69) is 9.88 Å². The predicted molar refractivity (Wildman–Crippen MR) is 61.7 cm³/mol. The summed E-state index contributed by atoms with van der Waals surface area (Å²) in [5.41, 5.74) is 0.760. The minimum atomic E-state index is -3.23. The van der Waals surface area contributed by atoms with Gasteiger partial charge in [0.1, 0.15) is 11.6 Å². The van der Waals surface area contributed by atoms with Gasteiger partial charge >= 0.3 is 0 Å². The van der Waals surface area contributed by atoms with E-state index in [1.807, 2.05) is 18.5 Å². The number of nitrogens with zero attached hydrogens (tertiary/aromatic N) is 4. The SMILES string of the molecule is Cc1nc2n(c1N(C)S(C)(=O)=O)CN(C)C2. The molecule has 2 rings (SSSR count). The predicted octanol–water partition coefficient (Wildman–Crippen LogP) is -0.00978. The lowest BCUT2D eigenvalue weighted by Crippen LogP contribution is -2.28. The highest BCUT2D eigenvalue weighted by Gasteiger charge is 2.27. The summed E-state index contributed by atoms with van der Waals surface area (Å²) in [6, 6.07) is 0. The molecular formula is C9H16N4O2S. The summed E-state index contributed by atoms with van der Waals surface area (Å²) in [5, 5.41) is 0. The molecule has 0 spiro atoms. The second kappa shape index (κ2) is 3.46. The van der Waals surface area contributed by atoms with E-state index in [1.54, 1.807) is 7.05 Å². The van der Waals surface area contributed by atoms with Gasteiger partial charge in [-0.05, 0) is 14.0 Å². The number of rotatable bonds is 2. The van der Waals surface area contributed by atoms with Crippen LogP contribution >= 0.6 is 0 Å². The summed E-state index contributed by atoms with van der Waals surface area (Å²) in [4.78, 5) is 6.48. The standard InChI is InChI=1S/C9H16N4O2S/c1-7-9(12(3)16(4,14)15)13-6-11(2)5-8(13)10-7/h5-6H2,1-4H3. The molecule has 0 aliphatic carbocycles. The molecule has 7 heteroatoms. The fourth-order valence-corrected chi connectivity index (χ4v) is 2.52. The molecule has 0 amide bonds. The maximum absolute atomic E-state index is 11.5. The summed E-state index contributed by atoms with van der Waals surface area (Å²) >= 11 is 0. The van der Waals surface area contributed by atoms with Crippen LogP contribution in [0.15, 0.2) is 0 Å². The first-order chi connectivity index (χ1) is 7.30. The molecule has 2 heterocycles. The smallest absolute Gasteiger partial charge is 0.233 e. The van der Waals surface area contributed by atoms with Gasteiger partial charge in [-0.3, -0.25) is 13.8 Å². The largest absolute Gasteiger partial charge is 0.299 e. The Bertz CT molecular complexity index is 520. The van der Waals surface area contributed by atoms with Gasteiger partial charge in [-0.15, -0.1) is 0 Å². The van der Waals surface area contributed by atoms with Gasteiger partial charge < -0.3 is 0 Å². The molecule has 0 unspecified atom stereocenters. The Morgan fingerprint density at radius 3 is 2.62 bits per heavy atom. The molecule has 0 atom stereocenters. The third-order valence-corrected chi connectivity index (χ3v) is 3.95. The maximum atomic E-state index is 11.5. The number of anilines is 1. The van der Waals surface area contributed by atoms with E-state index in [-0.39, 0.29) is 0 Å². The number of aryl methyl sites for hydroxylation is 1. The van der Waals surface area contributed by atoms with Gasteiger partial charge in [0.05, 0.1) is 25.2 Å². The average molecular weight is 244 g/mol. The van der Waals surface area contributed by atoms with Gasteiger partial charge in [-0.25, -0.2) is 13.4 Å². The Kier molecular flexibility index (Phi) is 2.47. The summed E-state index contributed by atoms with van der Waals surface area (Å²) in [5.74, 6) is 1.59. The normalized spacial score (nSPS) is 16.5. The minimum Gasteiger partial charge on any atom is -0.299 e. The maximum Gasteiger partial charge on any atom is 0.233 e. The van der Waals surface area contributed by atoms with Crippen LogP contribution in [0.25, 0.3) is 0 Å². The molecule has 0 N–H and O–H groups in total. The molecule has 0 saturated carbocycles. The van der Waals surface area contributed by atoms with Crippen LogP contribution in [0.5, 0.6) is 0 Å². The minimum absolute atomic E-state index is 0.668. The lowest BCUT2D eigenvalue weighted by Gasteiger charge is -2.19. The molecule has 1 aliphatic rings. The quantitative estimate of drug-likeness (QED) is 0.734. The van der Waals surface area contributed by atoms with Crippen molar-refractivity contribution in [2.45, 2.75) is 20.1 Å². The molecule has 0 aromatic carbocycles. The van der Waals surface area contributed by atoms with Crippen molar-refractivity contribution < 1.29 is 8.42 Å². The first-order valence-corrected chi connectivity index (χ1v) is 6.84. The zero-order valence-electron chi connectivity index (χ0n) is 9.93. The first-order valence-electron chi connectivity index (χ1n) is 4.99. The van der Waals surface area contributed by atoms with E-state index < -0.39 is 10.0 Å². The second-order valence-electron chi connectivity index (χ2n) is 4.25. The molecule has 0 radical (unpaired) electrons. The number of hydrogen-bond donors (Lipinski definition) is 0. The molecule has 1 aliphatic heterocycles. The van der Waals surface area contributed by atoms with Crippen molar-refractivity contribution >= 4 is 15.8 Å². The monoisotopic (exact) mass is 244 g/mol. The third-order valence-electron chi connectivity index (χ3n) is 2.78. The van der Waals surface area contributed by atoms with Crippen LogP contribution in [0, 0.1) is 6.92 Å². The molecule has 0 fully saturated rings. The highest BCUT2D eigenvalue weighted by molar-refractivity contribution is 7.92. The lowest BCUT2D eigenvalue weighted by molar-refractivity contribution is 0.317. The van der Waals surface area contributed by atoms with Crippen molar-refractivity contribution in [3.05, 3.63) is 11.5 Å². The molecule has 16 heavy (non-hydrogen) atoms. The van der Waals surface area contributed by atoms with Crippen molar-refractivity contribution in [3.8, 4) is 0 Å². The van der Waals surface area contributed by atoms with E-state index in [1.165, 1.54) is 10.6 Å². The number of sulfonamides is 1. The van der Waals surface area contributed by atoms with Crippen LogP contribution in [-0.4, -0.2) is 43.2 Å². The van der Waals surface area contributed by atoms with Crippen molar-refractivity contribution in [2.24, 2.45) is 0 Å². The average Bonchev–Trinajstić information content (AvgIpc) is 2.56. The molecule has 90 valence electrons. The van der Waals surface area contributed by atoms with Gasteiger partial charge in [-0.1, -0.05) is 0 Å². The number of fused-ring (bicyclic) bond motifs is 1. The Morgan fingerprint density at radius 1 is 1.44 bits per heavy atom. The molecule has 0 bridgehead atoms. The Hall–Kier alpha value is -1.08. The van der Waals surface area contributed by atoms with Crippen LogP contribution < -0.4 is 4.31 Å². The van der Waals surface area contributed by atoms with Crippen LogP contribution in [0.4, 0.5) is 5.82 Å². The van der Waals surface area contributed by atoms with E-state index in [0.717, 1.165) is 18.1 Å². The fourth-order valence-electron chi connectivity index (χ4n) is 1.98. The van der Waals surface area contributed by atoms with Gasteiger partial charge in [0, 0.05) is 7.05 Å². The Balaban J connectivity index is 2.51. The topological polar surface area (TPSA) is 58.4 Å². The number of imidazole rings is 1. The molecule has 1 aromatic rings. The van der Waals surface area contributed by atoms with Gasteiger partial charge in [0.2, 0.25) is 10.0 Å². The molecule has 0 saturated heterocycles. The lowest BCUT2D eigenvalue weighted by atomic mass is 10.5. The molecule has 1 aromatic heterocycles. The van der Waals surface area contributed by atoms with E-state index >= 15 is 0 Å². The third kappa shape index (κ3) is 1.69. The van der Waals surface area contributed by atoms with Crippen molar-refractivity contribution in [3.63, 3.8) is 0 Å². The van der Waals surface area contributed by atoms with Crippen LogP contribution in [0.2, 0.25) is 0 Å². The zero-order chi connectivity index (χ0) is 12.1. The molecule has 6 nitrogen and oxygen atoms in total. The zero-order valence-corrected chi connectivity index (χ0v) is 10.7. The van der Waals surface area contributed by atoms with Gasteiger partial charge in [0.15, 0.2) is 0 Å². The fraction of sp³-hybridized carbons (Fsp3) is 0.667. The van der Waals surface area contributed by atoms with Crippen LogP contribution in [0.1, 0.15) is 11.5 Å². The Morgan fingerprint density at radius 2 is 2.06 bits per heavy atom. The summed E-state index contributed by atoms with van der Waals surface area (Å²) < 4.78 is 26.3. The summed E-state index contributed by atoms with van der Waals surface area (Å²) in [7, 11) is 0.308. The highest BCUT2D eigenvalue weighted by Crippen LogP contribution is 2.27. The van der Waals surface area contributed by atoms with E-state index in [4.69, 9.17) is 0 Å². The van der Waals surface area contributed by atoms with E-state index in [9.17, 15) is 8.42 Å². The van der Waals surface area contributed by atoms with Crippen molar-refractivity contribution in [1.29, 1.82) is 0 Å². The van der Waals surface area contributed by atoms with Crippen molar-refractivity contribution in [1.82, 2.24) is 14.5 Å². The van der Waals surface area contributed by atoms with Gasteiger partial charge in [-0.2, -0.15) is 0 Å². The molecular weight excluding hydrogens is 228 g/mol. The Labute approximate surface area is 95.5 Å². The number of hydrogen-bond acceptors (Lipinski definition) is 4. The van der Waals surface area contributed by atoms with Crippen molar-refractivity contribution in [2.75, 3.05) is 24.7 Å². The van der Waals surface area contributed by atoms with Crippen LogP contribution in [0.3, 0.4) is 0 Å². The van der Waals surface area contributed by atoms with Gasteiger partial charge in [0.25, 0.3) is 0 Å². The summed E-state index contributed by atoms with van der Waals surface area (Å²) in [6.07, 6.45) is 1.20. The first kappa shape index (κ1) is 11.4. The van der Waals surface area contributed by atoms with E-state index in [0.29, 0.717) is 12.5 Å². The second-order valence-corrected chi connectivity index (χ2v) is 6.26.